The quantitative estimate of drug-likeness (QED) is 0.839. The summed E-state index contributed by atoms with van der Waals surface area (Å²) in [6, 6.07) is 2.96. The predicted molar refractivity (Wildman–Crippen MR) is 57.3 cm³/mol. The van der Waals surface area contributed by atoms with Crippen LogP contribution in [0.15, 0.2) is 40.9 Å². The van der Waals surface area contributed by atoms with Gasteiger partial charge in [0.05, 0.1) is 18.0 Å². The van der Waals surface area contributed by atoms with Crippen LogP contribution in [0.3, 0.4) is 0 Å². The molecule has 1 N–H and O–H groups in total. The number of carboxylic acid groups (broad SMARTS) is 1. The molecule has 86 valence electrons. The van der Waals surface area contributed by atoms with Crippen molar-refractivity contribution in [3.05, 3.63) is 42.1 Å². The Morgan fingerprint density at radius 2 is 2.00 bits per heavy atom. The Morgan fingerprint density at radius 1 is 1.29 bits per heavy atom. The maximum atomic E-state index is 12.6. The molecule has 0 spiro atoms. The molecule has 2 aromatic heterocycles. The van der Waals surface area contributed by atoms with Crippen LogP contribution in [0.25, 0.3) is 0 Å². The maximum Gasteiger partial charge on any atom is 0.338 e. The fraction of sp³-hybridized carbons (Fsp3) is 0. The zero-order valence-corrected chi connectivity index (χ0v) is 9.19. The van der Waals surface area contributed by atoms with Crippen molar-refractivity contribution in [2.45, 2.75) is 10.2 Å². The van der Waals surface area contributed by atoms with Crippen LogP contribution in [0.2, 0.25) is 0 Å². The van der Waals surface area contributed by atoms with Crippen molar-refractivity contribution < 1.29 is 14.3 Å². The molecule has 7 heteroatoms. The summed E-state index contributed by atoms with van der Waals surface area (Å²) in [6.07, 6.45) is 3.50. The van der Waals surface area contributed by atoms with E-state index in [0.29, 0.717) is 0 Å². The molecule has 2 rings (SSSR count). The van der Waals surface area contributed by atoms with Crippen LogP contribution in [0.1, 0.15) is 10.4 Å². The average Bonchev–Trinajstić information content (AvgIpc) is 2.32. The van der Waals surface area contributed by atoms with Crippen LogP contribution < -0.4 is 0 Å². The second-order valence-corrected chi connectivity index (χ2v) is 3.90. The van der Waals surface area contributed by atoms with E-state index in [-0.39, 0.29) is 15.7 Å². The van der Waals surface area contributed by atoms with Gasteiger partial charge < -0.3 is 5.11 Å². The number of hydrogen-bond donors (Lipinski definition) is 1. The van der Waals surface area contributed by atoms with E-state index in [1.807, 2.05) is 0 Å². The van der Waals surface area contributed by atoms with E-state index in [9.17, 15) is 9.18 Å². The molecule has 0 fully saturated rings. The number of hydrogen-bond acceptors (Lipinski definition) is 5. The lowest BCUT2D eigenvalue weighted by Gasteiger charge is -2.02. The summed E-state index contributed by atoms with van der Waals surface area (Å²) >= 11 is 0.970. The second kappa shape index (κ2) is 4.88. The van der Waals surface area contributed by atoms with Gasteiger partial charge >= 0.3 is 5.97 Å². The molecule has 5 nitrogen and oxygen atoms in total. The Labute approximate surface area is 99.8 Å². The van der Waals surface area contributed by atoms with Crippen LogP contribution in [0, 0.1) is 5.82 Å². The maximum absolute atomic E-state index is 12.6. The highest BCUT2D eigenvalue weighted by Crippen LogP contribution is 2.25. The summed E-state index contributed by atoms with van der Waals surface area (Å²) in [5, 5.41) is 9.45. The van der Waals surface area contributed by atoms with Crippen LogP contribution in [-0.2, 0) is 0 Å². The van der Waals surface area contributed by atoms with Crippen molar-refractivity contribution in [1.29, 1.82) is 0 Å². The first-order chi connectivity index (χ1) is 8.16. The van der Waals surface area contributed by atoms with E-state index < -0.39 is 11.8 Å². The number of aromatic nitrogens is 3. The number of nitrogens with zero attached hydrogens (tertiary/aromatic N) is 3. The van der Waals surface area contributed by atoms with E-state index in [1.165, 1.54) is 18.3 Å². The molecule has 0 aliphatic heterocycles. The highest BCUT2D eigenvalue weighted by molar-refractivity contribution is 7.99. The van der Waals surface area contributed by atoms with Gasteiger partial charge in [0.2, 0.25) is 0 Å². The van der Waals surface area contributed by atoms with Gasteiger partial charge in [-0.15, -0.1) is 0 Å². The first-order valence-electron chi connectivity index (χ1n) is 4.50. The molecule has 0 unspecified atom stereocenters. The molecule has 0 bridgehead atoms. The molecule has 0 radical (unpaired) electrons. The third-order valence-electron chi connectivity index (χ3n) is 1.79. The molecule has 17 heavy (non-hydrogen) atoms. The van der Waals surface area contributed by atoms with Crippen LogP contribution in [0.4, 0.5) is 4.39 Å². The van der Waals surface area contributed by atoms with E-state index in [1.54, 1.807) is 0 Å². The summed E-state index contributed by atoms with van der Waals surface area (Å²) in [5.41, 5.74) is 0.0606. The number of pyridine rings is 1. The van der Waals surface area contributed by atoms with Crippen molar-refractivity contribution in [3.8, 4) is 0 Å². The first-order valence-corrected chi connectivity index (χ1v) is 5.32. The largest absolute Gasteiger partial charge is 0.478 e. The molecule has 0 aliphatic carbocycles. The molecule has 0 amide bonds. The van der Waals surface area contributed by atoms with Gasteiger partial charge in [-0.2, -0.15) is 0 Å². The van der Waals surface area contributed by atoms with Crippen molar-refractivity contribution in [2.75, 3.05) is 0 Å². The lowest BCUT2D eigenvalue weighted by atomic mass is 10.3. The number of rotatable bonds is 3. The normalized spacial score (nSPS) is 10.2. The molecule has 2 aromatic rings. The number of halogens is 1. The SMILES string of the molecule is O=C(O)c1cccnc1Sc1ncc(F)cn1. The van der Waals surface area contributed by atoms with Crippen molar-refractivity contribution in [2.24, 2.45) is 0 Å². The number of carbonyl (C=O) groups is 1. The molecule has 0 atom stereocenters. The fourth-order valence-corrected chi connectivity index (χ4v) is 1.84. The second-order valence-electron chi connectivity index (χ2n) is 2.95. The zero-order chi connectivity index (χ0) is 12.3. The van der Waals surface area contributed by atoms with Crippen molar-refractivity contribution in [3.63, 3.8) is 0 Å². The third kappa shape index (κ3) is 2.76. The lowest BCUT2D eigenvalue weighted by molar-refractivity contribution is 0.0692. The van der Waals surface area contributed by atoms with Crippen molar-refractivity contribution in [1.82, 2.24) is 15.0 Å². The fourth-order valence-electron chi connectivity index (χ4n) is 1.07. The van der Waals surface area contributed by atoms with E-state index in [4.69, 9.17) is 5.11 Å². The Morgan fingerprint density at radius 3 is 2.65 bits per heavy atom. The van der Waals surface area contributed by atoms with Crippen LogP contribution in [0.5, 0.6) is 0 Å². The van der Waals surface area contributed by atoms with Gasteiger partial charge in [-0.05, 0) is 23.9 Å². The minimum absolute atomic E-state index is 0.0606. The zero-order valence-electron chi connectivity index (χ0n) is 8.37. The van der Waals surface area contributed by atoms with E-state index >= 15 is 0 Å². The highest BCUT2D eigenvalue weighted by Gasteiger charge is 2.12. The van der Waals surface area contributed by atoms with E-state index in [0.717, 1.165) is 24.2 Å². The Bertz CT molecular complexity index is 548. The Balaban J connectivity index is 2.30. The standard InChI is InChI=1S/C10H6FN3O2S/c11-6-4-13-10(14-5-6)17-8-7(9(15)16)2-1-3-12-8/h1-5H,(H,15,16). The molecule has 2 heterocycles. The molecular weight excluding hydrogens is 245 g/mol. The minimum Gasteiger partial charge on any atom is -0.478 e. The molecule has 0 saturated carbocycles. The lowest BCUT2D eigenvalue weighted by Crippen LogP contribution is -2.00. The minimum atomic E-state index is -1.08. The van der Waals surface area contributed by atoms with Gasteiger partial charge in [0.15, 0.2) is 11.0 Å². The van der Waals surface area contributed by atoms with Gasteiger partial charge in [-0.3, -0.25) is 0 Å². The Kier molecular flexibility index (Phi) is 3.29. The average molecular weight is 251 g/mol. The van der Waals surface area contributed by atoms with Gasteiger partial charge in [-0.1, -0.05) is 0 Å². The molecule has 0 saturated heterocycles. The molecule has 0 aliphatic rings. The third-order valence-corrected chi connectivity index (χ3v) is 2.70. The number of carboxylic acids is 1. The van der Waals surface area contributed by atoms with Crippen LogP contribution in [-0.4, -0.2) is 26.0 Å². The first kappa shape index (κ1) is 11.5. The van der Waals surface area contributed by atoms with Gasteiger partial charge in [0.25, 0.3) is 0 Å². The summed E-state index contributed by atoms with van der Waals surface area (Å²) in [7, 11) is 0. The van der Waals surface area contributed by atoms with Gasteiger partial charge in [-0.25, -0.2) is 24.1 Å². The van der Waals surface area contributed by atoms with Gasteiger partial charge in [0.1, 0.15) is 5.03 Å². The summed E-state index contributed by atoms with van der Waals surface area (Å²) < 4.78 is 12.6. The topological polar surface area (TPSA) is 76.0 Å². The smallest absolute Gasteiger partial charge is 0.338 e. The number of aromatic carboxylic acids is 1. The van der Waals surface area contributed by atoms with Crippen molar-refractivity contribution >= 4 is 17.7 Å². The Hall–Kier alpha value is -2.02. The van der Waals surface area contributed by atoms with Crippen LogP contribution >= 0.6 is 11.8 Å². The summed E-state index contributed by atoms with van der Waals surface area (Å²) in [6.45, 7) is 0. The summed E-state index contributed by atoms with van der Waals surface area (Å²) in [4.78, 5) is 22.3. The highest BCUT2D eigenvalue weighted by atomic mass is 32.2. The monoisotopic (exact) mass is 251 g/mol. The summed E-state index contributed by atoms with van der Waals surface area (Å²) in [5.74, 6) is -1.63. The van der Waals surface area contributed by atoms with Gasteiger partial charge in [0, 0.05) is 6.20 Å². The van der Waals surface area contributed by atoms with E-state index in [2.05, 4.69) is 15.0 Å². The predicted octanol–water partition coefficient (Wildman–Crippen LogP) is 1.86. The molecule has 0 aromatic carbocycles. The molecular formula is C10H6FN3O2S.